The van der Waals surface area contributed by atoms with E-state index in [0.717, 1.165) is 5.39 Å². The Labute approximate surface area is 83.3 Å². The van der Waals surface area contributed by atoms with E-state index in [4.69, 9.17) is 4.55 Å². The van der Waals surface area contributed by atoms with Crippen LogP contribution in [-0.2, 0) is 11.1 Å². The van der Waals surface area contributed by atoms with Gasteiger partial charge in [0.2, 0.25) is 0 Å². The van der Waals surface area contributed by atoms with Crippen LogP contribution in [0.2, 0.25) is 0 Å². The molecule has 1 atom stereocenters. The Bertz CT molecular complexity index is 508. The first-order chi connectivity index (χ1) is 6.68. The van der Waals surface area contributed by atoms with Crippen LogP contribution in [-0.4, -0.2) is 13.9 Å². The third-order valence-corrected chi connectivity index (χ3v) is 2.74. The van der Waals surface area contributed by atoms with Gasteiger partial charge in [0.1, 0.15) is 5.75 Å². The van der Waals surface area contributed by atoms with Gasteiger partial charge in [-0.1, -0.05) is 12.1 Å². The van der Waals surface area contributed by atoms with E-state index >= 15 is 0 Å². The fourth-order valence-corrected chi connectivity index (χ4v) is 1.96. The molecule has 0 spiro atoms. The monoisotopic (exact) mass is 208 g/mol. The Morgan fingerprint density at radius 3 is 2.64 bits per heavy atom. The van der Waals surface area contributed by atoms with E-state index < -0.39 is 11.1 Å². The van der Waals surface area contributed by atoms with Gasteiger partial charge in [0.25, 0.3) is 0 Å². The molecule has 2 N–H and O–H groups in total. The zero-order valence-electron chi connectivity index (χ0n) is 7.18. The third kappa shape index (κ3) is 1.49. The first-order valence-electron chi connectivity index (χ1n) is 4.01. The molecule has 0 fully saturated rings. The van der Waals surface area contributed by atoms with Crippen molar-refractivity contribution in [2.24, 2.45) is 0 Å². The highest BCUT2D eigenvalue weighted by Gasteiger charge is 2.05. The van der Waals surface area contributed by atoms with Gasteiger partial charge in [-0.25, -0.2) is 4.21 Å². The zero-order chi connectivity index (χ0) is 10.1. The summed E-state index contributed by atoms with van der Waals surface area (Å²) in [5.41, 5.74) is 0. The van der Waals surface area contributed by atoms with Crippen molar-refractivity contribution in [1.29, 1.82) is 0 Å². The number of benzene rings is 2. The van der Waals surface area contributed by atoms with Crippen LogP contribution >= 0.6 is 0 Å². The highest BCUT2D eigenvalue weighted by molar-refractivity contribution is 7.79. The smallest absolute Gasteiger partial charge is 0.187 e. The van der Waals surface area contributed by atoms with Crippen LogP contribution in [0.1, 0.15) is 0 Å². The molecule has 0 amide bonds. The van der Waals surface area contributed by atoms with Crippen molar-refractivity contribution >= 4 is 21.9 Å². The van der Waals surface area contributed by atoms with Crippen molar-refractivity contribution in [3.8, 4) is 5.75 Å². The standard InChI is InChI=1S/C10H8O3S/c11-8-4-5-9-7(6-8)2-1-3-10(9)14(12)13/h1-6,11H,(H,12,13). The van der Waals surface area contributed by atoms with Crippen LogP contribution in [0, 0.1) is 0 Å². The molecule has 0 bridgehead atoms. The van der Waals surface area contributed by atoms with Crippen LogP contribution in [0.15, 0.2) is 41.3 Å². The Morgan fingerprint density at radius 2 is 1.93 bits per heavy atom. The van der Waals surface area contributed by atoms with Crippen LogP contribution < -0.4 is 0 Å². The molecule has 0 heterocycles. The minimum atomic E-state index is -1.99. The van der Waals surface area contributed by atoms with Gasteiger partial charge in [-0.3, -0.25) is 0 Å². The molecule has 0 aliphatic heterocycles. The summed E-state index contributed by atoms with van der Waals surface area (Å²) in [7, 11) is 0. The number of rotatable bonds is 1. The van der Waals surface area contributed by atoms with Crippen molar-refractivity contribution < 1.29 is 13.9 Å². The van der Waals surface area contributed by atoms with Gasteiger partial charge >= 0.3 is 0 Å². The Morgan fingerprint density at radius 1 is 1.14 bits per heavy atom. The van der Waals surface area contributed by atoms with E-state index in [9.17, 15) is 9.32 Å². The summed E-state index contributed by atoms with van der Waals surface area (Å²) in [5.74, 6) is 0.151. The molecule has 4 heteroatoms. The fraction of sp³-hybridized carbons (Fsp3) is 0. The lowest BCUT2D eigenvalue weighted by Gasteiger charge is -2.02. The van der Waals surface area contributed by atoms with Gasteiger partial charge < -0.3 is 9.66 Å². The predicted molar refractivity (Wildman–Crippen MR) is 54.7 cm³/mol. The number of hydrogen-bond donors (Lipinski definition) is 2. The van der Waals surface area contributed by atoms with Crippen molar-refractivity contribution in [2.45, 2.75) is 4.90 Å². The Balaban J connectivity index is 2.81. The molecule has 0 saturated carbocycles. The molecule has 0 saturated heterocycles. The third-order valence-electron chi connectivity index (χ3n) is 2.01. The Kier molecular flexibility index (Phi) is 2.23. The minimum absolute atomic E-state index is 0.151. The summed E-state index contributed by atoms with van der Waals surface area (Å²) in [5, 5.41) is 10.7. The summed E-state index contributed by atoms with van der Waals surface area (Å²) >= 11 is -1.99. The SMILES string of the molecule is O=S(O)c1cccc2cc(O)ccc12. The van der Waals surface area contributed by atoms with E-state index in [1.165, 1.54) is 6.07 Å². The molecule has 2 rings (SSSR count). The van der Waals surface area contributed by atoms with E-state index in [0.29, 0.717) is 10.3 Å². The van der Waals surface area contributed by atoms with Crippen LogP contribution in [0.4, 0.5) is 0 Å². The summed E-state index contributed by atoms with van der Waals surface area (Å²) in [4.78, 5) is 0.363. The van der Waals surface area contributed by atoms with Gasteiger partial charge in [0.15, 0.2) is 11.1 Å². The number of phenolic OH excluding ortho intramolecular Hbond substituents is 1. The van der Waals surface area contributed by atoms with Gasteiger partial charge in [0, 0.05) is 5.39 Å². The Hall–Kier alpha value is -1.39. The van der Waals surface area contributed by atoms with Crippen molar-refractivity contribution in [3.63, 3.8) is 0 Å². The van der Waals surface area contributed by atoms with Crippen LogP contribution in [0.3, 0.4) is 0 Å². The van der Waals surface area contributed by atoms with Crippen LogP contribution in [0.25, 0.3) is 10.8 Å². The topological polar surface area (TPSA) is 57.5 Å². The molecule has 2 aromatic rings. The van der Waals surface area contributed by atoms with E-state index in [1.54, 1.807) is 30.3 Å². The first kappa shape index (κ1) is 9.18. The van der Waals surface area contributed by atoms with Crippen LogP contribution in [0.5, 0.6) is 5.75 Å². The largest absolute Gasteiger partial charge is 0.508 e. The number of aromatic hydroxyl groups is 1. The molecule has 72 valence electrons. The maximum atomic E-state index is 10.9. The zero-order valence-corrected chi connectivity index (χ0v) is 7.99. The van der Waals surface area contributed by atoms with Gasteiger partial charge in [0.05, 0.1) is 4.90 Å². The maximum absolute atomic E-state index is 10.9. The lowest BCUT2D eigenvalue weighted by atomic mass is 10.1. The molecule has 0 aliphatic carbocycles. The highest BCUT2D eigenvalue weighted by atomic mass is 32.2. The van der Waals surface area contributed by atoms with E-state index in [2.05, 4.69) is 0 Å². The van der Waals surface area contributed by atoms with Gasteiger partial charge in [-0.05, 0) is 29.7 Å². The molecule has 0 aliphatic rings. The summed E-state index contributed by atoms with van der Waals surface area (Å²) in [6, 6.07) is 9.75. The average Bonchev–Trinajstić information content (AvgIpc) is 2.16. The highest BCUT2D eigenvalue weighted by Crippen LogP contribution is 2.24. The van der Waals surface area contributed by atoms with Gasteiger partial charge in [-0.15, -0.1) is 0 Å². The quantitative estimate of drug-likeness (QED) is 0.706. The molecule has 0 aromatic heterocycles. The number of hydrogen-bond acceptors (Lipinski definition) is 2. The molecule has 0 radical (unpaired) electrons. The van der Waals surface area contributed by atoms with E-state index in [1.807, 2.05) is 0 Å². The van der Waals surface area contributed by atoms with Crippen molar-refractivity contribution in [2.75, 3.05) is 0 Å². The van der Waals surface area contributed by atoms with Gasteiger partial charge in [-0.2, -0.15) is 0 Å². The number of fused-ring (bicyclic) bond motifs is 1. The van der Waals surface area contributed by atoms with Crippen molar-refractivity contribution in [3.05, 3.63) is 36.4 Å². The predicted octanol–water partition coefficient (Wildman–Crippen LogP) is 2.13. The van der Waals surface area contributed by atoms with Crippen molar-refractivity contribution in [1.82, 2.24) is 0 Å². The number of phenols is 1. The molecule has 14 heavy (non-hydrogen) atoms. The second-order valence-electron chi connectivity index (χ2n) is 2.91. The lowest BCUT2D eigenvalue weighted by molar-refractivity contribution is 0.476. The second kappa shape index (κ2) is 3.40. The molecule has 1 unspecified atom stereocenters. The molecule has 3 nitrogen and oxygen atoms in total. The lowest BCUT2D eigenvalue weighted by Crippen LogP contribution is -1.89. The maximum Gasteiger partial charge on any atom is 0.187 e. The second-order valence-corrected chi connectivity index (χ2v) is 3.85. The fourth-order valence-electron chi connectivity index (χ4n) is 1.39. The normalized spacial score (nSPS) is 12.9. The molecular formula is C10H8O3S. The molecular weight excluding hydrogens is 200 g/mol. The summed E-state index contributed by atoms with van der Waals surface area (Å²) in [6.45, 7) is 0. The average molecular weight is 208 g/mol. The first-order valence-corrected chi connectivity index (χ1v) is 5.12. The molecule has 2 aromatic carbocycles. The van der Waals surface area contributed by atoms with E-state index in [-0.39, 0.29) is 5.75 Å². The summed E-state index contributed by atoms with van der Waals surface area (Å²) < 4.78 is 19.9. The summed E-state index contributed by atoms with van der Waals surface area (Å²) in [6.07, 6.45) is 0. The minimum Gasteiger partial charge on any atom is -0.508 e.